The molecule has 5 nitrogen and oxygen atoms in total. The average Bonchev–Trinajstić information content (AvgIpc) is 2.81. The van der Waals surface area contributed by atoms with Crippen LogP contribution in [0.2, 0.25) is 0 Å². The molecule has 3 heterocycles. The van der Waals surface area contributed by atoms with Crippen LogP contribution in [-0.2, 0) is 6.54 Å². The average molecular weight is 235 g/mol. The molecule has 2 aliphatic heterocycles. The lowest BCUT2D eigenvalue weighted by molar-refractivity contribution is 0.0249. The molecular weight excluding hydrogens is 214 g/mol. The van der Waals surface area contributed by atoms with E-state index in [1.54, 1.807) is 0 Å². The van der Waals surface area contributed by atoms with Crippen molar-refractivity contribution >= 4 is 0 Å². The Morgan fingerprint density at radius 3 is 2.71 bits per heavy atom. The molecule has 1 aromatic rings. The van der Waals surface area contributed by atoms with Gasteiger partial charge in [-0.25, -0.2) is 0 Å². The molecule has 1 aromatic heterocycles. The molecule has 0 unspecified atom stereocenters. The summed E-state index contributed by atoms with van der Waals surface area (Å²) in [5.74, 6) is 0. The third-order valence-electron chi connectivity index (χ3n) is 3.81. The molecular formula is C12H21N5. The molecule has 94 valence electrons. The zero-order valence-electron chi connectivity index (χ0n) is 10.3. The first-order chi connectivity index (χ1) is 8.42. The summed E-state index contributed by atoms with van der Waals surface area (Å²) in [6, 6.07) is 2.79. The SMILES string of the molecule is c1cnn(CCN2CC(N3CCNCC3)C2)c1. The molecule has 17 heavy (non-hydrogen) atoms. The smallest absolute Gasteiger partial charge is 0.0536 e. The second-order valence-corrected chi connectivity index (χ2v) is 4.97. The number of nitrogens with one attached hydrogen (secondary N) is 1. The predicted molar refractivity (Wildman–Crippen MR) is 66.9 cm³/mol. The van der Waals surface area contributed by atoms with Gasteiger partial charge in [0, 0.05) is 64.2 Å². The predicted octanol–water partition coefficient (Wildman–Crippen LogP) is -0.527. The van der Waals surface area contributed by atoms with Crippen molar-refractivity contribution in [2.24, 2.45) is 0 Å². The first-order valence-corrected chi connectivity index (χ1v) is 6.56. The number of hydrogen-bond donors (Lipinski definition) is 1. The normalized spacial score (nSPS) is 23.8. The fraction of sp³-hybridized carbons (Fsp3) is 0.750. The molecule has 0 bridgehead atoms. The van der Waals surface area contributed by atoms with E-state index in [4.69, 9.17) is 0 Å². The Morgan fingerprint density at radius 1 is 1.18 bits per heavy atom. The third-order valence-corrected chi connectivity index (χ3v) is 3.81. The number of piperazine rings is 1. The van der Waals surface area contributed by atoms with E-state index in [-0.39, 0.29) is 0 Å². The van der Waals surface area contributed by atoms with Crippen molar-refractivity contribution in [3.63, 3.8) is 0 Å². The molecule has 0 aliphatic carbocycles. The van der Waals surface area contributed by atoms with Crippen molar-refractivity contribution in [2.75, 3.05) is 45.8 Å². The van der Waals surface area contributed by atoms with Crippen molar-refractivity contribution in [1.82, 2.24) is 24.9 Å². The number of hydrogen-bond acceptors (Lipinski definition) is 4. The molecule has 0 spiro atoms. The van der Waals surface area contributed by atoms with Gasteiger partial charge < -0.3 is 5.32 Å². The van der Waals surface area contributed by atoms with Crippen LogP contribution in [-0.4, -0.2) is 71.4 Å². The van der Waals surface area contributed by atoms with Crippen LogP contribution in [0.15, 0.2) is 18.5 Å². The molecule has 1 N–H and O–H groups in total. The van der Waals surface area contributed by atoms with E-state index in [1.165, 1.54) is 26.2 Å². The minimum absolute atomic E-state index is 0.801. The lowest BCUT2D eigenvalue weighted by Gasteiger charge is -2.46. The Bertz CT molecular complexity index is 325. The lowest BCUT2D eigenvalue weighted by Crippen LogP contribution is -2.62. The highest BCUT2D eigenvalue weighted by Gasteiger charge is 2.31. The molecule has 2 aliphatic rings. The summed E-state index contributed by atoms with van der Waals surface area (Å²) < 4.78 is 2.01. The fourth-order valence-electron chi connectivity index (χ4n) is 2.68. The molecule has 0 radical (unpaired) electrons. The molecule has 0 amide bonds. The molecule has 0 saturated carbocycles. The van der Waals surface area contributed by atoms with Crippen LogP contribution >= 0.6 is 0 Å². The minimum atomic E-state index is 0.801. The van der Waals surface area contributed by atoms with Gasteiger partial charge in [0.25, 0.3) is 0 Å². The van der Waals surface area contributed by atoms with Gasteiger partial charge in [-0.15, -0.1) is 0 Å². The summed E-state index contributed by atoms with van der Waals surface area (Å²) in [6.07, 6.45) is 3.88. The van der Waals surface area contributed by atoms with E-state index in [1.807, 2.05) is 23.1 Å². The van der Waals surface area contributed by atoms with Crippen LogP contribution in [0.5, 0.6) is 0 Å². The zero-order chi connectivity index (χ0) is 11.5. The Balaban J connectivity index is 1.36. The standard InChI is InChI=1S/C12H21N5/c1-2-14-17(5-1)9-8-15-10-12(11-15)16-6-3-13-4-7-16/h1-2,5,12-13H,3-4,6-11H2. The fourth-order valence-corrected chi connectivity index (χ4v) is 2.68. The minimum Gasteiger partial charge on any atom is -0.314 e. The van der Waals surface area contributed by atoms with E-state index in [2.05, 4.69) is 20.2 Å². The maximum absolute atomic E-state index is 4.23. The summed E-state index contributed by atoms with van der Waals surface area (Å²) in [7, 11) is 0. The summed E-state index contributed by atoms with van der Waals surface area (Å²) in [6.45, 7) is 9.37. The van der Waals surface area contributed by atoms with Gasteiger partial charge >= 0.3 is 0 Å². The van der Waals surface area contributed by atoms with Crippen LogP contribution in [0.3, 0.4) is 0 Å². The van der Waals surface area contributed by atoms with E-state index in [0.29, 0.717) is 0 Å². The lowest BCUT2D eigenvalue weighted by atomic mass is 10.1. The summed E-state index contributed by atoms with van der Waals surface area (Å²) in [4.78, 5) is 5.15. The van der Waals surface area contributed by atoms with Crippen LogP contribution < -0.4 is 5.32 Å². The largest absolute Gasteiger partial charge is 0.314 e. The molecule has 2 fully saturated rings. The molecule has 0 aromatic carbocycles. The van der Waals surface area contributed by atoms with Crippen molar-refractivity contribution in [3.8, 4) is 0 Å². The number of likely N-dealkylation sites (tertiary alicyclic amines) is 1. The molecule has 5 heteroatoms. The van der Waals surface area contributed by atoms with Crippen LogP contribution in [0.25, 0.3) is 0 Å². The topological polar surface area (TPSA) is 36.3 Å². The van der Waals surface area contributed by atoms with E-state index in [9.17, 15) is 0 Å². The second-order valence-electron chi connectivity index (χ2n) is 4.97. The van der Waals surface area contributed by atoms with Gasteiger partial charge in [0.15, 0.2) is 0 Å². The van der Waals surface area contributed by atoms with Gasteiger partial charge in [-0.1, -0.05) is 0 Å². The Labute approximate surface area is 102 Å². The van der Waals surface area contributed by atoms with Crippen molar-refractivity contribution in [2.45, 2.75) is 12.6 Å². The monoisotopic (exact) mass is 235 g/mol. The Morgan fingerprint density at radius 2 is 2.00 bits per heavy atom. The van der Waals surface area contributed by atoms with Crippen LogP contribution in [0, 0.1) is 0 Å². The maximum atomic E-state index is 4.23. The molecule has 3 rings (SSSR count). The highest BCUT2D eigenvalue weighted by atomic mass is 15.3. The van der Waals surface area contributed by atoms with Gasteiger partial charge in [0.2, 0.25) is 0 Å². The van der Waals surface area contributed by atoms with Gasteiger partial charge in [-0.3, -0.25) is 14.5 Å². The van der Waals surface area contributed by atoms with Gasteiger partial charge in [-0.2, -0.15) is 5.10 Å². The Hall–Kier alpha value is -0.910. The summed E-state index contributed by atoms with van der Waals surface area (Å²) >= 11 is 0. The summed E-state index contributed by atoms with van der Waals surface area (Å²) in [5, 5.41) is 7.63. The molecule has 2 saturated heterocycles. The second kappa shape index (κ2) is 5.16. The van der Waals surface area contributed by atoms with E-state index >= 15 is 0 Å². The summed E-state index contributed by atoms with van der Waals surface area (Å²) in [5.41, 5.74) is 0. The first kappa shape index (κ1) is 11.2. The Kier molecular flexibility index (Phi) is 3.40. The van der Waals surface area contributed by atoms with Crippen molar-refractivity contribution < 1.29 is 0 Å². The quantitative estimate of drug-likeness (QED) is 0.761. The highest BCUT2D eigenvalue weighted by molar-refractivity contribution is 4.89. The number of aromatic nitrogens is 2. The molecule has 0 atom stereocenters. The van der Waals surface area contributed by atoms with E-state index in [0.717, 1.165) is 32.2 Å². The van der Waals surface area contributed by atoms with Crippen LogP contribution in [0.1, 0.15) is 0 Å². The van der Waals surface area contributed by atoms with Gasteiger partial charge in [0.05, 0.1) is 6.54 Å². The van der Waals surface area contributed by atoms with Crippen LogP contribution in [0.4, 0.5) is 0 Å². The van der Waals surface area contributed by atoms with Crippen molar-refractivity contribution in [1.29, 1.82) is 0 Å². The zero-order valence-corrected chi connectivity index (χ0v) is 10.3. The number of rotatable bonds is 4. The maximum Gasteiger partial charge on any atom is 0.0536 e. The first-order valence-electron chi connectivity index (χ1n) is 6.56. The van der Waals surface area contributed by atoms with E-state index < -0.39 is 0 Å². The van der Waals surface area contributed by atoms with Gasteiger partial charge in [0.1, 0.15) is 0 Å². The number of nitrogens with zero attached hydrogens (tertiary/aromatic N) is 4. The third kappa shape index (κ3) is 2.68. The van der Waals surface area contributed by atoms with Crippen molar-refractivity contribution in [3.05, 3.63) is 18.5 Å². The highest BCUT2D eigenvalue weighted by Crippen LogP contribution is 2.15. The van der Waals surface area contributed by atoms with Gasteiger partial charge in [-0.05, 0) is 6.07 Å².